The molecule has 3 heteroatoms. The van der Waals surface area contributed by atoms with Crippen molar-refractivity contribution in [3.63, 3.8) is 0 Å². The standard InChI is InChI=1S/C16H18N2O/c19-12-14-11-16(13-7-3-1-4-8-13)18(17-14)15-9-5-2-6-10-15/h2,5-6,9-13H,1,3-4,7-8H2. The molecule has 2 aromatic rings. The number of rotatable bonds is 3. The van der Waals surface area contributed by atoms with Gasteiger partial charge in [-0.2, -0.15) is 5.10 Å². The number of hydrogen-bond donors (Lipinski definition) is 0. The van der Waals surface area contributed by atoms with E-state index in [-0.39, 0.29) is 0 Å². The third kappa shape index (κ3) is 2.46. The molecule has 1 saturated carbocycles. The molecule has 1 aliphatic rings. The first-order chi connectivity index (χ1) is 9.38. The molecule has 19 heavy (non-hydrogen) atoms. The fraction of sp³-hybridized carbons (Fsp3) is 0.375. The second-order valence-corrected chi connectivity index (χ2v) is 5.19. The van der Waals surface area contributed by atoms with E-state index in [1.54, 1.807) is 0 Å². The van der Waals surface area contributed by atoms with Gasteiger partial charge < -0.3 is 0 Å². The van der Waals surface area contributed by atoms with Gasteiger partial charge in [-0.15, -0.1) is 0 Å². The molecule has 0 radical (unpaired) electrons. The van der Waals surface area contributed by atoms with Crippen LogP contribution in [0.1, 0.15) is 54.2 Å². The van der Waals surface area contributed by atoms with E-state index in [4.69, 9.17) is 0 Å². The Morgan fingerprint density at radius 2 is 1.84 bits per heavy atom. The van der Waals surface area contributed by atoms with Crippen LogP contribution < -0.4 is 0 Å². The maximum atomic E-state index is 11.0. The average Bonchev–Trinajstić information content (AvgIpc) is 2.93. The van der Waals surface area contributed by atoms with E-state index >= 15 is 0 Å². The largest absolute Gasteiger partial charge is 0.296 e. The Morgan fingerprint density at radius 1 is 1.11 bits per heavy atom. The normalized spacial score (nSPS) is 16.4. The van der Waals surface area contributed by atoms with Gasteiger partial charge in [-0.25, -0.2) is 4.68 Å². The number of carbonyl (C=O) groups excluding carboxylic acids is 1. The van der Waals surface area contributed by atoms with Gasteiger partial charge in [-0.3, -0.25) is 4.79 Å². The summed E-state index contributed by atoms with van der Waals surface area (Å²) in [6, 6.07) is 12.0. The van der Waals surface area contributed by atoms with Crippen LogP contribution in [0.2, 0.25) is 0 Å². The van der Waals surface area contributed by atoms with Crippen molar-refractivity contribution in [3.05, 3.63) is 47.8 Å². The van der Waals surface area contributed by atoms with Gasteiger partial charge in [0.15, 0.2) is 6.29 Å². The fourth-order valence-corrected chi connectivity index (χ4v) is 2.94. The molecule has 0 N–H and O–H groups in total. The second kappa shape index (κ2) is 5.39. The van der Waals surface area contributed by atoms with Crippen LogP contribution in [-0.4, -0.2) is 16.1 Å². The number of aldehydes is 1. The second-order valence-electron chi connectivity index (χ2n) is 5.19. The molecule has 1 aromatic carbocycles. The van der Waals surface area contributed by atoms with Crippen LogP contribution in [0.4, 0.5) is 0 Å². The van der Waals surface area contributed by atoms with E-state index in [0.717, 1.165) is 12.0 Å². The maximum absolute atomic E-state index is 11.0. The lowest BCUT2D eigenvalue weighted by atomic mass is 9.87. The number of carbonyl (C=O) groups is 1. The van der Waals surface area contributed by atoms with E-state index in [1.807, 2.05) is 41.1 Å². The Hall–Kier alpha value is -1.90. The van der Waals surface area contributed by atoms with Gasteiger partial charge in [-0.05, 0) is 31.0 Å². The SMILES string of the molecule is O=Cc1cc(C2CCCCC2)n(-c2ccccc2)n1. The molecule has 0 aliphatic heterocycles. The van der Waals surface area contributed by atoms with Crippen molar-refractivity contribution in [1.82, 2.24) is 9.78 Å². The molecule has 3 rings (SSSR count). The summed E-state index contributed by atoms with van der Waals surface area (Å²) in [4.78, 5) is 11.0. The van der Waals surface area contributed by atoms with Crippen LogP contribution in [0.15, 0.2) is 36.4 Å². The Bertz CT molecular complexity index is 553. The minimum absolute atomic E-state index is 0.532. The zero-order valence-electron chi connectivity index (χ0n) is 11.0. The van der Waals surface area contributed by atoms with Crippen LogP contribution in [0.3, 0.4) is 0 Å². The molecule has 0 atom stereocenters. The minimum atomic E-state index is 0.532. The van der Waals surface area contributed by atoms with Gasteiger partial charge in [0.1, 0.15) is 5.69 Å². The van der Waals surface area contributed by atoms with Gasteiger partial charge in [0, 0.05) is 11.6 Å². The predicted molar refractivity (Wildman–Crippen MR) is 74.8 cm³/mol. The lowest BCUT2D eigenvalue weighted by Gasteiger charge is -2.22. The van der Waals surface area contributed by atoms with Gasteiger partial charge >= 0.3 is 0 Å². The molecule has 0 saturated heterocycles. The molecule has 0 amide bonds. The Labute approximate surface area is 113 Å². The predicted octanol–water partition coefficient (Wildman–Crippen LogP) is 3.73. The van der Waals surface area contributed by atoms with E-state index < -0.39 is 0 Å². The molecule has 1 aromatic heterocycles. The summed E-state index contributed by atoms with van der Waals surface area (Å²) in [6.07, 6.45) is 7.14. The summed E-state index contributed by atoms with van der Waals surface area (Å²) in [5.41, 5.74) is 2.76. The van der Waals surface area contributed by atoms with Crippen molar-refractivity contribution in [2.45, 2.75) is 38.0 Å². The van der Waals surface area contributed by atoms with E-state index in [2.05, 4.69) is 5.10 Å². The number of para-hydroxylation sites is 1. The summed E-state index contributed by atoms with van der Waals surface area (Å²) in [7, 11) is 0. The van der Waals surface area contributed by atoms with E-state index in [9.17, 15) is 4.79 Å². The van der Waals surface area contributed by atoms with Crippen LogP contribution in [-0.2, 0) is 0 Å². The zero-order chi connectivity index (χ0) is 13.1. The maximum Gasteiger partial charge on any atom is 0.170 e. The number of aromatic nitrogens is 2. The van der Waals surface area contributed by atoms with Gasteiger partial charge in [0.2, 0.25) is 0 Å². The first-order valence-corrected chi connectivity index (χ1v) is 6.99. The first kappa shape index (κ1) is 12.2. The number of nitrogens with zero attached hydrogens (tertiary/aromatic N) is 2. The van der Waals surface area contributed by atoms with Crippen LogP contribution in [0.5, 0.6) is 0 Å². The molecule has 1 fully saturated rings. The van der Waals surface area contributed by atoms with Crippen molar-refractivity contribution in [2.75, 3.05) is 0 Å². The van der Waals surface area contributed by atoms with Crippen LogP contribution >= 0.6 is 0 Å². The molecule has 0 spiro atoms. The summed E-state index contributed by atoms with van der Waals surface area (Å²) in [5.74, 6) is 0.537. The molecule has 1 aliphatic carbocycles. The molecular weight excluding hydrogens is 236 g/mol. The highest BCUT2D eigenvalue weighted by Crippen LogP contribution is 2.33. The fourth-order valence-electron chi connectivity index (χ4n) is 2.94. The summed E-state index contributed by atoms with van der Waals surface area (Å²) in [6.45, 7) is 0. The molecule has 3 nitrogen and oxygen atoms in total. The average molecular weight is 254 g/mol. The summed E-state index contributed by atoms with van der Waals surface area (Å²) >= 11 is 0. The highest BCUT2D eigenvalue weighted by Gasteiger charge is 2.21. The van der Waals surface area contributed by atoms with Crippen molar-refractivity contribution >= 4 is 6.29 Å². The Morgan fingerprint density at radius 3 is 2.53 bits per heavy atom. The highest BCUT2D eigenvalue weighted by atomic mass is 16.1. The third-order valence-electron chi connectivity index (χ3n) is 3.90. The van der Waals surface area contributed by atoms with Crippen molar-refractivity contribution in [1.29, 1.82) is 0 Å². The quantitative estimate of drug-likeness (QED) is 0.782. The first-order valence-electron chi connectivity index (χ1n) is 6.99. The number of hydrogen-bond acceptors (Lipinski definition) is 2. The topological polar surface area (TPSA) is 34.9 Å². The zero-order valence-corrected chi connectivity index (χ0v) is 11.0. The third-order valence-corrected chi connectivity index (χ3v) is 3.90. The summed E-state index contributed by atoms with van der Waals surface area (Å²) in [5, 5.41) is 4.42. The van der Waals surface area contributed by atoms with Gasteiger partial charge in [0.25, 0.3) is 0 Å². The van der Waals surface area contributed by atoms with Gasteiger partial charge in [0.05, 0.1) is 5.69 Å². The highest BCUT2D eigenvalue weighted by molar-refractivity contribution is 5.72. The van der Waals surface area contributed by atoms with E-state index in [0.29, 0.717) is 11.6 Å². The van der Waals surface area contributed by atoms with Crippen molar-refractivity contribution in [3.8, 4) is 5.69 Å². The number of benzene rings is 1. The van der Waals surface area contributed by atoms with Crippen LogP contribution in [0, 0.1) is 0 Å². The molecular formula is C16H18N2O. The molecule has 98 valence electrons. The smallest absolute Gasteiger partial charge is 0.170 e. The summed E-state index contributed by atoms with van der Waals surface area (Å²) < 4.78 is 1.94. The lowest BCUT2D eigenvalue weighted by Crippen LogP contribution is -2.10. The monoisotopic (exact) mass is 254 g/mol. The van der Waals surface area contributed by atoms with E-state index in [1.165, 1.54) is 37.8 Å². The Kier molecular flexibility index (Phi) is 3.45. The van der Waals surface area contributed by atoms with Crippen molar-refractivity contribution < 1.29 is 4.79 Å². The molecule has 0 unspecified atom stereocenters. The van der Waals surface area contributed by atoms with Crippen LogP contribution in [0.25, 0.3) is 5.69 Å². The van der Waals surface area contributed by atoms with Crippen molar-refractivity contribution in [2.24, 2.45) is 0 Å². The molecule has 0 bridgehead atoms. The van der Waals surface area contributed by atoms with Gasteiger partial charge in [-0.1, -0.05) is 37.5 Å². The molecule has 1 heterocycles. The lowest BCUT2D eigenvalue weighted by molar-refractivity contribution is 0.111. The Balaban J connectivity index is 2.02. The minimum Gasteiger partial charge on any atom is -0.296 e.